The first-order valence-corrected chi connectivity index (χ1v) is 9.48. The van der Waals surface area contributed by atoms with Gasteiger partial charge in [-0.25, -0.2) is 4.90 Å². The molecule has 1 aliphatic heterocycles. The van der Waals surface area contributed by atoms with E-state index >= 15 is 0 Å². The SMILES string of the molecule is CCCCCc1c(Cl)c(C)cc(C)c1N1C(=O)c2ccsc2C1=O. The van der Waals surface area contributed by atoms with Crippen molar-refractivity contribution in [1.82, 2.24) is 0 Å². The number of carbonyl (C=O) groups is 2. The van der Waals surface area contributed by atoms with Crippen LogP contribution in [0.1, 0.15) is 62.9 Å². The van der Waals surface area contributed by atoms with Crippen molar-refractivity contribution in [3.8, 4) is 0 Å². The molecule has 3 nitrogen and oxygen atoms in total. The summed E-state index contributed by atoms with van der Waals surface area (Å²) < 4.78 is 0. The number of nitrogens with zero attached hydrogens (tertiary/aromatic N) is 1. The minimum absolute atomic E-state index is 0.232. The predicted octanol–water partition coefficient (Wildman–Crippen LogP) is 5.55. The zero-order chi connectivity index (χ0) is 17.4. The van der Waals surface area contributed by atoms with Gasteiger partial charge in [-0.15, -0.1) is 11.3 Å². The maximum atomic E-state index is 12.8. The van der Waals surface area contributed by atoms with Crippen LogP contribution in [0.5, 0.6) is 0 Å². The number of fused-ring (bicyclic) bond motifs is 1. The Kier molecular flexibility index (Phi) is 4.79. The molecule has 0 spiro atoms. The highest BCUT2D eigenvalue weighted by Crippen LogP contribution is 2.40. The van der Waals surface area contributed by atoms with Crippen molar-refractivity contribution in [3.05, 3.63) is 49.7 Å². The standard InChI is InChI=1S/C19H20ClNO2S/c1-4-5-6-7-13-15(20)11(2)10-12(3)16(13)21-18(22)14-8-9-24-17(14)19(21)23/h8-10H,4-7H2,1-3H3. The van der Waals surface area contributed by atoms with Gasteiger partial charge in [0.25, 0.3) is 11.8 Å². The molecule has 2 heterocycles. The highest BCUT2D eigenvalue weighted by atomic mass is 35.5. The van der Waals surface area contributed by atoms with E-state index in [1.807, 2.05) is 19.9 Å². The van der Waals surface area contributed by atoms with Gasteiger partial charge in [0.1, 0.15) is 4.88 Å². The van der Waals surface area contributed by atoms with E-state index in [-0.39, 0.29) is 11.8 Å². The Morgan fingerprint density at radius 3 is 2.54 bits per heavy atom. The van der Waals surface area contributed by atoms with Crippen LogP contribution in [0.3, 0.4) is 0 Å². The van der Waals surface area contributed by atoms with Crippen molar-refractivity contribution >= 4 is 40.4 Å². The molecule has 0 aliphatic carbocycles. The second kappa shape index (κ2) is 6.69. The lowest BCUT2D eigenvalue weighted by Crippen LogP contribution is -2.31. The van der Waals surface area contributed by atoms with Crippen LogP contribution in [0.4, 0.5) is 5.69 Å². The Bertz CT molecular complexity index is 795. The number of unbranched alkanes of at least 4 members (excludes halogenated alkanes) is 2. The van der Waals surface area contributed by atoms with Crippen LogP contribution < -0.4 is 4.90 Å². The number of anilines is 1. The summed E-state index contributed by atoms with van der Waals surface area (Å²) in [5.74, 6) is -0.472. The van der Waals surface area contributed by atoms with Gasteiger partial charge in [0.05, 0.1) is 11.3 Å². The molecule has 2 amide bonds. The lowest BCUT2D eigenvalue weighted by atomic mass is 9.98. The molecule has 3 rings (SSSR count). The van der Waals surface area contributed by atoms with E-state index in [0.29, 0.717) is 21.2 Å². The van der Waals surface area contributed by atoms with Crippen LogP contribution in [-0.4, -0.2) is 11.8 Å². The largest absolute Gasteiger partial charge is 0.276 e. The zero-order valence-electron chi connectivity index (χ0n) is 14.1. The Hall–Kier alpha value is -1.65. The predicted molar refractivity (Wildman–Crippen MR) is 99.6 cm³/mol. The number of rotatable bonds is 5. The molecular weight excluding hydrogens is 342 g/mol. The normalized spacial score (nSPS) is 13.8. The number of thiophene rings is 1. The number of hydrogen-bond acceptors (Lipinski definition) is 3. The summed E-state index contributed by atoms with van der Waals surface area (Å²) in [6.07, 6.45) is 3.97. The number of imide groups is 1. The van der Waals surface area contributed by atoms with Gasteiger partial charge in [-0.3, -0.25) is 9.59 Å². The van der Waals surface area contributed by atoms with Gasteiger partial charge >= 0.3 is 0 Å². The third kappa shape index (κ3) is 2.68. The fourth-order valence-corrected chi connectivity index (χ4v) is 4.34. The molecule has 126 valence electrons. The number of carbonyl (C=O) groups excluding carboxylic acids is 2. The van der Waals surface area contributed by atoms with Crippen LogP contribution in [0.15, 0.2) is 17.5 Å². The fourth-order valence-electron chi connectivity index (χ4n) is 3.29. The molecule has 2 aromatic rings. The Labute approximate surface area is 151 Å². The summed E-state index contributed by atoms with van der Waals surface area (Å²) in [6.45, 7) is 6.05. The van der Waals surface area contributed by atoms with Gasteiger partial charge in [0.2, 0.25) is 0 Å². The van der Waals surface area contributed by atoms with Crippen LogP contribution in [0.25, 0.3) is 0 Å². The maximum absolute atomic E-state index is 12.8. The average Bonchev–Trinajstić information content (AvgIpc) is 3.11. The van der Waals surface area contributed by atoms with E-state index in [1.54, 1.807) is 11.4 Å². The summed E-state index contributed by atoms with van der Waals surface area (Å²) >= 11 is 7.88. The molecule has 0 fully saturated rings. The Morgan fingerprint density at radius 2 is 1.88 bits per heavy atom. The average molecular weight is 362 g/mol. The molecule has 24 heavy (non-hydrogen) atoms. The molecule has 0 atom stereocenters. The number of benzene rings is 1. The monoisotopic (exact) mass is 361 g/mol. The summed E-state index contributed by atoms with van der Waals surface area (Å²) in [4.78, 5) is 27.4. The molecule has 0 N–H and O–H groups in total. The molecule has 1 aromatic carbocycles. The van der Waals surface area contributed by atoms with Crippen LogP contribution >= 0.6 is 22.9 Å². The third-order valence-electron chi connectivity index (χ3n) is 4.45. The van der Waals surface area contributed by atoms with Crippen molar-refractivity contribution in [2.75, 3.05) is 4.90 Å². The summed E-state index contributed by atoms with van der Waals surface area (Å²) in [6, 6.07) is 3.68. The molecule has 1 aliphatic rings. The zero-order valence-corrected chi connectivity index (χ0v) is 15.7. The van der Waals surface area contributed by atoms with Gasteiger partial charge in [-0.1, -0.05) is 37.4 Å². The molecule has 1 aromatic heterocycles. The molecule has 0 radical (unpaired) electrons. The van der Waals surface area contributed by atoms with E-state index in [0.717, 1.165) is 42.4 Å². The van der Waals surface area contributed by atoms with Gasteiger partial charge in [0, 0.05) is 5.02 Å². The quantitative estimate of drug-likeness (QED) is 0.517. The number of aryl methyl sites for hydroxylation is 2. The molecular formula is C19H20ClNO2S. The molecule has 0 saturated heterocycles. The molecule has 0 bridgehead atoms. The highest BCUT2D eigenvalue weighted by molar-refractivity contribution is 7.13. The first-order chi connectivity index (χ1) is 11.5. The second-order valence-electron chi connectivity index (χ2n) is 6.22. The molecule has 0 unspecified atom stereocenters. The lowest BCUT2D eigenvalue weighted by molar-refractivity contribution is 0.0926. The van der Waals surface area contributed by atoms with E-state index in [9.17, 15) is 9.59 Å². The first kappa shape index (κ1) is 17.2. The van der Waals surface area contributed by atoms with Crippen molar-refractivity contribution < 1.29 is 9.59 Å². The summed E-state index contributed by atoms with van der Waals surface area (Å²) in [5, 5.41) is 2.46. The summed E-state index contributed by atoms with van der Waals surface area (Å²) in [5.41, 5.74) is 4.00. The van der Waals surface area contributed by atoms with Crippen LogP contribution in [0, 0.1) is 13.8 Å². The fraction of sp³-hybridized carbons (Fsp3) is 0.368. The topological polar surface area (TPSA) is 37.4 Å². The van der Waals surface area contributed by atoms with Crippen molar-refractivity contribution in [2.45, 2.75) is 46.5 Å². The van der Waals surface area contributed by atoms with E-state index in [2.05, 4.69) is 6.92 Å². The minimum Gasteiger partial charge on any atom is -0.268 e. The first-order valence-electron chi connectivity index (χ1n) is 8.22. The second-order valence-corrected chi connectivity index (χ2v) is 7.51. The van der Waals surface area contributed by atoms with Crippen molar-refractivity contribution in [2.24, 2.45) is 0 Å². The molecule has 5 heteroatoms. The lowest BCUT2D eigenvalue weighted by Gasteiger charge is -2.23. The van der Waals surface area contributed by atoms with Crippen LogP contribution in [0.2, 0.25) is 5.02 Å². The van der Waals surface area contributed by atoms with Gasteiger partial charge in [-0.05, 0) is 54.8 Å². The number of amides is 2. The molecule has 0 saturated carbocycles. The van der Waals surface area contributed by atoms with Crippen molar-refractivity contribution in [1.29, 1.82) is 0 Å². The van der Waals surface area contributed by atoms with E-state index in [1.165, 1.54) is 16.2 Å². The number of halogens is 1. The third-order valence-corrected chi connectivity index (χ3v) is 5.88. The van der Waals surface area contributed by atoms with Gasteiger partial charge < -0.3 is 0 Å². The Morgan fingerprint density at radius 1 is 1.12 bits per heavy atom. The Balaban J connectivity index is 2.10. The smallest absolute Gasteiger partial charge is 0.268 e. The van der Waals surface area contributed by atoms with Gasteiger partial charge in [-0.2, -0.15) is 0 Å². The minimum atomic E-state index is -0.240. The maximum Gasteiger partial charge on any atom is 0.276 e. The summed E-state index contributed by atoms with van der Waals surface area (Å²) in [7, 11) is 0. The van der Waals surface area contributed by atoms with Crippen molar-refractivity contribution in [3.63, 3.8) is 0 Å². The van der Waals surface area contributed by atoms with Crippen LogP contribution in [-0.2, 0) is 6.42 Å². The van der Waals surface area contributed by atoms with E-state index in [4.69, 9.17) is 11.6 Å². The van der Waals surface area contributed by atoms with Gasteiger partial charge in [0.15, 0.2) is 0 Å². The number of hydrogen-bond donors (Lipinski definition) is 0. The van der Waals surface area contributed by atoms with E-state index < -0.39 is 0 Å². The highest BCUT2D eigenvalue weighted by Gasteiger charge is 2.39.